The zero-order valence-corrected chi connectivity index (χ0v) is 10.4. The summed E-state index contributed by atoms with van der Waals surface area (Å²) in [5, 5.41) is 1.67. The van der Waals surface area contributed by atoms with E-state index in [4.69, 9.17) is 0 Å². The molecule has 0 amide bonds. The lowest BCUT2D eigenvalue weighted by Gasteiger charge is -2.00. The highest BCUT2D eigenvalue weighted by Gasteiger charge is 1.93. The third-order valence-electron chi connectivity index (χ3n) is 2.71. The average molecular weight is 210 g/mol. The van der Waals surface area contributed by atoms with E-state index in [1.165, 1.54) is 51.4 Å². The van der Waals surface area contributed by atoms with Crippen molar-refractivity contribution in [3.8, 4) is 0 Å². The number of unbranched alkanes of at least 4 members (excludes halogenated alkanes) is 6. The summed E-state index contributed by atoms with van der Waals surface area (Å²) in [7, 11) is 0.993. The van der Waals surface area contributed by atoms with Gasteiger partial charge in [-0.25, -0.2) is 0 Å². The van der Waals surface area contributed by atoms with Gasteiger partial charge in [-0.15, -0.1) is 8.19 Å². The van der Waals surface area contributed by atoms with Crippen LogP contribution in [0.1, 0.15) is 57.2 Å². The molecule has 1 rings (SSSR count). The van der Waals surface area contributed by atoms with Gasteiger partial charge in [-0.2, -0.15) is 0 Å². The zero-order valence-electron chi connectivity index (χ0n) is 9.39. The number of hydrogen-bond acceptors (Lipinski definition) is 0. The normalized spacial score (nSPS) is 11.2. The van der Waals surface area contributed by atoms with E-state index >= 15 is 0 Å². The molecule has 1 atom stereocenters. The van der Waals surface area contributed by atoms with Gasteiger partial charge >= 0.3 is 0 Å². The van der Waals surface area contributed by atoms with Crippen LogP contribution in [0.15, 0.2) is 17.9 Å². The molecule has 0 radical (unpaired) electrons. The molecule has 0 aliphatic rings. The highest BCUT2D eigenvalue weighted by molar-refractivity contribution is 7.30. The molecule has 1 aromatic heterocycles. The van der Waals surface area contributed by atoms with Crippen molar-refractivity contribution in [3.05, 3.63) is 23.2 Å². The van der Waals surface area contributed by atoms with E-state index in [0.717, 1.165) is 8.19 Å². The van der Waals surface area contributed by atoms with Crippen LogP contribution in [-0.2, 0) is 6.42 Å². The van der Waals surface area contributed by atoms with Crippen molar-refractivity contribution >= 4 is 8.19 Å². The molecule has 0 saturated heterocycles. The molecule has 0 N–H and O–H groups in total. The topological polar surface area (TPSA) is 0 Å². The lowest BCUT2D eigenvalue weighted by molar-refractivity contribution is 0.590. The Bertz CT molecular complexity index is 201. The van der Waals surface area contributed by atoms with Crippen LogP contribution in [0.3, 0.4) is 0 Å². The summed E-state index contributed by atoms with van der Waals surface area (Å²) in [6.07, 6.45) is 11.3. The summed E-state index contributed by atoms with van der Waals surface area (Å²) in [4.78, 5) is 0. The van der Waals surface area contributed by atoms with E-state index in [0.29, 0.717) is 0 Å². The Hall–Kier alpha value is -0.220. The van der Waals surface area contributed by atoms with Gasteiger partial charge < -0.3 is 0 Å². The van der Waals surface area contributed by atoms with E-state index < -0.39 is 0 Å². The largest absolute Gasteiger partial charge is 0.137 e. The maximum Gasteiger partial charge on any atom is -0.0244 e. The molecule has 1 heteroatoms. The highest BCUT2D eigenvalue weighted by atomic mass is 31.0. The van der Waals surface area contributed by atoms with Crippen molar-refractivity contribution in [1.29, 1.82) is 0 Å². The minimum absolute atomic E-state index is 0.993. The molecule has 14 heavy (non-hydrogen) atoms. The van der Waals surface area contributed by atoms with Gasteiger partial charge in [-0.05, 0) is 23.9 Å². The first kappa shape index (κ1) is 11.9. The second-order valence-electron chi connectivity index (χ2n) is 4.07. The number of rotatable bonds is 8. The third kappa shape index (κ3) is 5.50. The summed E-state index contributed by atoms with van der Waals surface area (Å²) in [6.45, 7) is 2.28. The van der Waals surface area contributed by atoms with Crippen molar-refractivity contribution in [1.82, 2.24) is 0 Å². The maximum atomic E-state index is 2.30. The van der Waals surface area contributed by atoms with Gasteiger partial charge in [0.25, 0.3) is 0 Å². The first-order valence-corrected chi connectivity index (χ1v) is 7.13. The number of aryl methyl sites for hydroxylation is 1. The van der Waals surface area contributed by atoms with Crippen molar-refractivity contribution in [2.75, 3.05) is 0 Å². The smallest absolute Gasteiger partial charge is 0.0244 e. The molecule has 0 aliphatic heterocycles. The molecule has 0 aromatic carbocycles. The second-order valence-corrected chi connectivity index (χ2v) is 5.33. The van der Waals surface area contributed by atoms with Crippen LogP contribution in [0, 0.1) is 0 Å². The van der Waals surface area contributed by atoms with Crippen molar-refractivity contribution < 1.29 is 0 Å². The second kappa shape index (κ2) is 8.12. The van der Waals surface area contributed by atoms with Crippen LogP contribution in [0.25, 0.3) is 0 Å². The van der Waals surface area contributed by atoms with Crippen LogP contribution in [0.2, 0.25) is 0 Å². The first-order chi connectivity index (χ1) is 6.93. The fraction of sp³-hybridized carbons (Fsp3) is 0.692. The van der Waals surface area contributed by atoms with Gasteiger partial charge in [-0.1, -0.05) is 57.6 Å². The lowest BCUT2D eigenvalue weighted by Crippen LogP contribution is -1.82. The van der Waals surface area contributed by atoms with E-state index in [-0.39, 0.29) is 0 Å². The minimum Gasteiger partial charge on any atom is -0.137 e. The van der Waals surface area contributed by atoms with Crippen molar-refractivity contribution in [2.24, 2.45) is 0 Å². The standard InChI is InChI=1S/C13H23P/c1-2-3-4-5-6-7-8-10-13-11-9-12-14-13/h9,11-12,14H,2-8,10H2,1H3. The van der Waals surface area contributed by atoms with Crippen molar-refractivity contribution in [2.45, 2.75) is 58.3 Å². The molecular formula is C13H23P. The SMILES string of the molecule is CCCCCCCCCc1ccc[pH]1. The Balaban J connectivity index is 1.85. The molecule has 1 unspecified atom stereocenters. The molecule has 0 saturated carbocycles. The maximum absolute atomic E-state index is 2.30. The average Bonchev–Trinajstić information content (AvgIpc) is 2.69. The van der Waals surface area contributed by atoms with Gasteiger partial charge in [0, 0.05) is 0 Å². The quantitative estimate of drug-likeness (QED) is 0.529. The Morgan fingerprint density at radius 3 is 2.36 bits per heavy atom. The first-order valence-electron chi connectivity index (χ1n) is 6.05. The summed E-state index contributed by atoms with van der Waals surface area (Å²) in [5.74, 6) is 2.29. The predicted octanol–water partition coefficient (Wildman–Crippen LogP) is 5.01. The molecular weight excluding hydrogens is 187 g/mol. The minimum atomic E-state index is 0.993. The van der Waals surface area contributed by atoms with E-state index in [1.807, 2.05) is 0 Å². The van der Waals surface area contributed by atoms with Crippen molar-refractivity contribution in [3.63, 3.8) is 0 Å². The van der Waals surface area contributed by atoms with E-state index in [9.17, 15) is 0 Å². The zero-order chi connectivity index (χ0) is 10.1. The molecule has 1 heterocycles. The van der Waals surface area contributed by atoms with Crippen LogP contribution < -0.4 is 0 Å². The Morgan fingerprint density at radius 2 is 1.71 bits per heavy atom. The summed E-state index contributed by atoms with van der Waals surface area (Å²) in [6, 6.07) is 4.50. The Morgan fingerprint density at radius 1 is 1.00 bits per heavy atom. The monoisotopic (exact) mass is 210 g/mol. The molecule has 0 spiro atoms. The van der Waals surface area contributed by atoms with Gasteiger partial charge in [-0.3, -0.25) is 0 Å². The van der Waals surface area contributed by atoms with E-state index in [1.54, 1.807) is 5.30 Å². The molecule has 0 nitrogen and oxygen atoms in total. The lowest BCUT2D eigenvalue weighted by atomic mass is 10.1. The Labute approximate surface area is 90.2 Å². The van der Waals surface area contributed by atoms with Gasteiger partial charge in [0.15, 0.2) is 0 Å². The predicted molar refractivity (Wildman–Crippen MR) is 67.6 cm³/mol. The molecule has 0 fully saturated rings. The molecule has 0 bridgehead atoms. The van der Waals surface area contributed by atoms with E-state index in [2.05, 4.69) is 24.9 Å². The van der Waals surface area contributed by atoms with Crippen LogP contribution in [0.5, 0.6) is 0 Å². The fourth-order valence-corrected chi connectivity index (χ4v) is 2.72. The van der Waals surface area contributed by atoms with Gasteiger partial charge in [0.1, 0.15) is 0 Å². The molecule has 0 aliphatic carbocycles. The van der Waals surface area contributed by atoms with Crippen LogP contribution in [-0.4, -0.2) is 0 Å². The fourth-order valence-electron chi connectivity index (χ4n) is 1.80. The van der Waals surface area contributed by atoms with Gasteiger partial charge in [0.2, 0.25) is 0 Å². The summed E-state index contributed by atoms with van der Waals surface area (Å²) in [5.41, 5.74) is 0. The third-order valence-corrected chi connectivity index (χ3v) is 3.86. The Kier molecular flexibility index (Phi) is 6.87. The molecule has 1 aromatic rings. The van der Waals surface area contributed by atoms with Crippen LogP contribution >= 0.6 is 8.19 Å². The van der Waals surface area contributed by atoms with Crippen LogP contribution in [0.4, 0.5) is 0 Å². The summed E-state index contributed by atoms with van der Waals surface area (Å²) >= 11 is 0. The highest BCUT2D eigenvalue weighted by Crippen LogP contribution is 2.18. The van der Waals surface area contributed by atoms with Gasteiger partial charge in [0.05, 0.1) is 0 Å². The molecule has 80 valence electrons. The summed E-state index contributed by atoms with van der Waals surface area (Å²) < 4.78 is 0. The number of hydrogen-bond donors (Lipinski definition) is 0.